The first-order chi connectivity index (χ1) is 10.6. The molecule has 2 aromatic rings. The SMILES string of the molecule is COC(=O)NC(C(=O)O)C(c1ccccc1)c1ccccc1. The van der Waals surface area contributed by atoms with Crippen LogP contribution in [0, 0.1) is 0 Å². The van der Waals surface area contributed by atoms with E-state index in [2.05, 4.69) is 10.1 Å². The third-order valence-electron chi connectivity index (χ3n) is 3.38. The number of methoxy groups -OCH3 is 1. The van der Waals surface area contributed by atoms with E-state index in [0.29, 0.717) is 0 Å². The Morgan fingerprint density at radius 2 is 1.41 bits per heavy atom. The summed E-state index contributed by atoms with van der Waals surface area (Å²) in [6, 6.07) is 17.3. The molecule has 1 atom stereocenters. The number of aliphatic carboxylic acids is 1. The number of benzene rings is 2. The molecule has 0 aliphatic rings. The quantitative estimate of drug-likeness (QED) is 0.890. The zero-order chi connectivity index (χ0) is 15.9. The van der Waals surface area contributed by atoms with Crippen molar-refractivity contribution in [3.8, 4) is 0 Å². The van der Waals surface area contributed by atoms with Crippen molar-refractivity contribution < 1.29 is 19.4 Å². The van der Waals surface area contributed by atoms with E-state index in [1.54, 1.807) is 0 Å². The van der Waals surface area contributed by atoms with Crippen molar-refractivity contribution in [2.24, 2.45) is 0 Å². The smallest absolute Gasteiger partial charge is 0.407 e. The number of hydrogen-bond acceptors (Lipinski definition) is 3. The Hall–Kier alpha value is -2.82. The lowest BCUT2D eigenvalue weighted by molar-refractivity contribution is -0.139. The van der Waals surface area contributed by atoms with Gasteiger partial charge in [-0.25, -0.2) is 9.59 Å². The molecule has 0 heterocycles. The Balaban J connectivity index is 2.46. The molecule has 0 saturated carbocycles. The number of rotatable bonds is 5. The van der Waals surface area contributed by atoms with Gasteiger partial charge in [0.1, 0.15) is 6.04 Å². The van der Waals surface area contributed by atoms with Crippen LogP contribution >= 0.6 is 0 Å². The topological polar surface area (TPSA) is 75.6 Å². The molecule has 0 fully saturated rings. The van der Waals surface area contributed by atoms with Gasteiger partial charge in [0, 0.05) is 5.92 Å². The number of ether oxygens (including phenoxy) is 1. The van der Waals surface area contributed by atoms with Crippen molar-refractivity contribution in [2.75, 3.05) is 7.11 Å². The molecule has 2 rings (SSSR count). The highest BCUT2D eigenvalue weighted by Gasteiger charge is 2.32. The maximum atomic E-state index is 11.7. The Morgan fingerprint density at radius 1 is 0.955 bits per heavy atom. The van der Waals surface area contributed by atoms with E-state index < -0.39 is 24.0 Å². The summed E-state index contributed by atoms with van der Waals surface area (Å²) in [5, 5.41) is 11.9. The van der Waals surface area contributed by atoms with Crippen molar-refractivity contribution in [3.63, 3.8) is 0 Å². The van der Waals surface area contributed by atoms with Gasteiger partial charge in [0.15, 0.2) is 0 Å². The summed E-state index contributed by atoms with van der Waals surface area (Å²) in [6.45, 7) is 0. The maximum absolute atomic E-state index is 11.7. The fraction of sp³-hybridized carbons (Fsp3) is 0.176. The van der Waals surface area contributed by atoms with Crippen molar-refractivity contribution in [1.82, 2.24) is 5.32 Å². The first-order valence-electron chi connectivity index (χ1n) is 6.80. The Morgan fingerprint density at radius 3 is 1.77 bits per heavy atom. The third kappa shape index (κ3) is 3.63. The summed E-state index contributed by atoms with van der Waals surface area (Å²) in [7, 11) is 1.20. The van der Waals surface area contributed by atoms with Crippen LogP contribution in [-0.4, -0.2) is 30.3 Å². The highest BCUT2D eigenvalue weighted by Crippen LogP contribution is 2.28. The van der Waals surface area contributed by atoms with Crippen molar-refractivity contribution in [2.45, 2.75) is 12.0 Å². The minimum absolute atomic E-state index is 0.515. The van der Waals surface area contributed by atoms with Crippen molar-refractivity contribution >= 4 is 12.1 Å². The highest BCUT2D eigenvalue weighted by molar-refractivity contribution is 5.81. The van der Waals surface area contributed by atoms with Gasteiger partial charge in [0.25, 0.3) is 0 Å². The van der Waals surface area contributed by atoms with Crippen LogP contribution in [-0.2, 0) is 9.53 Å². The molecule has 0 bridgehead atoms. The number of carboxylic acid groups (broad SMARTS) is 1. The summed E-state index contributed by atoms with van der Waals surface area (Å²) in [5.74, 6) is -1.64. The summed E-state index contributed by atoms with van der Waals surface area (Å²) in [5.41, 5.74) is 1.61. The Kier molecular flexibility index (Phi) is 5.14. The molecule has 5 nitrogen and oxygen atoms in total. The van der Waals surface area contributed by atoms with Gasteiger partial charge in [-0.1, -0.05) is 60.7 Å². The molecule has 2 N–H and O–H groups in total. The fourth-order valence-corrected chi connectivity index (χ4v) is 2.37. The zero-order valence-electron chi connectivity index (χ0n) is 12.1. The average Bonchev–Trinajstić information content (AvgIpc) is 2.56. The van der Waals surface area contributed by atoms with Gasteiger partial charge in [-0.2, -0.15) is 0 Å². The van der Waals surface area contributed by atoms with Crippen LogP contribution in [0.25, 0.3) is 0 Å². The van der Waals surface area contributed by atoms with Crippen LogP contribution < -0.4 is 5.32 Å². The number of nitrogens with one attached hydrogen (secondary N) is 1. The van der Waals surface area contributed by atoms with Crippen LogP contribution in [0.1, 0.15) is 17.0 Å². The monoisotopic (exact) mass is 299 g/mol. The van der Waals surface area contributed by atoms with Gasteiger partial charge in [-0.3, -0.25) is 0 Å². The lowest BCUT2D eigenvalue weighted by atomic mass is 9.85. The number of carbonyl (C=O) groups is 2. The number of carboxylic acids is 1. The summed E-state index contributed by atoms with van der Waals surface area (Å²) < 4.78 is 4.54. The van der Waals surface area contributed by atoms with Crippen LogP contribution in [0.5, 0.6) is 0 Å². The van der Waals surface area contributed by atoms with Crippen molar-refractivity contribution in [1.29, 1.82) is 0 Å². The minimum Gasteiger partial charge on any atom is -0.480 e. The first kappa shape index (κ1) is 15.6. The highest BCUT2D eigenvalue weighted by atomic mass is 16.5. The van der Waals surface area contributed by atoms with E-state index in [4.69, 9.17) is 0 Å². The molecule has 0 radical (unpaired) electrons. The second kappa shape index (κ2) is 7.26. The molecule has 0 aliphatic carbocycles. The van der Waals surface area contributed by atoms with E-state index in [-0.39, 0.29) is 0 Å². The van der Waals surface area contributed by atoms with Gasteiger partial charge in [0.05, 0.1) is 7.11 Å². The van der Waals surface area contributed by atoms with Crippen LogP contribution in [0.15, 0.2) is 60.7 Å². The van der Waals surface area contributed by atoms with Gasteiger partial charge in [-0.05, 0) is 11.1 Å². The molecule has 1 amide bonds. The fourth-order valence-electron chi connectivity index (χ4n) is 2.37. The maximum Gasteiger partial charge on any atom is 0.407 e. The molecule has 0 saturated heterocycles. The first-order valence-corrected chi connectivity index (χ1v) is 6.80. The largest absolute Gasteiger partial charge is 0.480 e. The number of hydrogen-bond donors (Lipinski definition) is 2. The molecule has 5 heteroatoms. The molecule has 22 heavy (non-hydrogen) atoms. The van der Waals surface area contributed by atoms with Crippen LogP contribution in [0.2, 0.25) is 0 Å². The van der Waals surface area contributed by atoms with Gasteiger partial charge in [-0.15, -0.1) is 0 Å². The Labute approximate surface area is 128 Å². The van der Waals surface area contributed by atoms with E-state index in [1.165, 1.54) is 7.11 Å². The third-order valence-corrected chi connectivity index (χ3v) is 3.38. The standard InChI is InChI=1S/C17H17NO4/c1-22-17(21)18-15(16(19)20)14(12-8-4-2-5-9-12)13-10-6-3-7-11-13/h2-11,14-15H,1H3,(H,18,21)(H,19,20). The molecular formula is C17H17NO4. The van der Waals surface area contributed by atoms with E-state index in [0.717, 1.165) is 11.1 Å². The van der Waals surface area contributed by atoms with Crippen LogP contribution in [0.4, 0.5) is 4.79 Å². The molecule has 114 valence electrons. The number of amides is 1. The second-order valence-corrected chi connectivity index (χ2v) is 4.75. The lowest BCUT2D eigenvalue weighted by Crippen LogP contribution is -2.45. The van der Waals surface area contributed by atoms with E-state index >= 15 is 0 Å². The van der Waals surface area contributed by atoms with Crippen molar-refractivity contribution in [3.05, 3.63) is 71.8 Å². The Bertz CT molecular complexity index is 588. The average molecular weight is 299 g/mol. The van der Waals surface area contributed by atoms with Gasteiger partial charge in [0.2, 0.25) is 0 Å². The lowest BCUT2D eigenvalue weighted by Gasteiger charge is -2.25. The number of alkyl carbamates (subject to hydrolysis) is 1. The summed E-state index contributed by atoms with van der Waals surface area (Å²) >= 11 is 0. The summed E-state index contributed by atoms with van der Waals surface area (Å²) in [4.78, 5) is 23.2. The summed E-state index contributed by atoms with van der Waals surface area (Å²) in [6.07, 6.45) is -0.774. The molecule has 0 spiro atoms. The molecule has 2 aromatic carbocycles. The molecule has 1 unspecified atom stereocenters. The second-order valence-electron chi connectivity index (χ2n) is 4.75. The molecular weight excluding hydrogens is 282 g/mol. The molecule has 0 aromatic heterocycles. The normalized spacial score (nSPS) is 11.7. The van der Waals surface area contributed by atoms with E-state index in [1.807, 2.05) is 60.7 Å². The molecule has 0 aliphatic heterocycles. The van der Waals surface area contributed by atoms with Gasteiger partial charge < -0.3 is 15.2 Å². The van der Waals surface area contributed by atoms with E-state index in [9.17, 15) is 14.7 Å². The predicted octanol–water partition coefficient (Wildman–Crippen LogP) is 2.63. The number of carbonyl (C=O) groups excluding carboxylic acids is 1. The predicted molar refractivity (Wildman–Crippen MR) is 81.7 cm³/mol. The van der Waals surface area contributed by atoms with Crippen LogP contribution in [0.3, 0.4) is 0 Å². The zero-order valence-corrected chi connectivity index (χ0v) is 12.1. The van der Waals surface area contributed by atoms with Gasteiger partial charge >= 0.3 is 12.1 Å². The minimum atomic E-state index is -1.13.